The second kappa shape index (κ2) is 9.28. The Morgan fingerprint density at radius 2 is 2.03 bits per heavy atom. The summed E-state index contributed by atoms with van der Waals surface area (Å²) in [7, 11) is 3.77. The Kier molecular flexibility index (Phi) is 6.74. The van der Waals surface area contributed by atoms with Crippen molar-refractivity contribution in [2.75, 3.05) is 33.8 Å². The highest BCUT2D eigenvalue weighted by Crippen LogP contribution is 2.39. The molecule has 0 spiro atoms. The zero-order valence-corrected chi connectivity index (χ0v) is 17.9. The van der Waals surface area contributed by atoms with E-state index in [9.17, 15) is 14.7 Å². The summed E-state index contributed by atoms with van der Waals surface area (Å²) in [4.78, 5) is 33.5. The van der Waals surface area contributed by atoms with Gasteiger partial charge in [-0.25, -0.2) is 0 Å². The van der Waals surface area contributed by atoms with Gasteiger partial charge in [0.25, 0.3) is 11.7 Å². The summed E-state index contributed by atoms with van der Waals surface area (Å²) in [6, 6.07) is 9.22. The number of carbonyl (C=O) groups excluding carboxylic acids is 2. The smallest absolute Gasteiger partial charge is 0.295 e. The molecular weight excluding hydrogens is 406 g/mol. The van der Waals surface area contributed by atoms with Gasteiger partial charge in [-0.1, -0.05) is 17.7 Å². The fourth-order valence-electron chi connectivity index (χ4n) is 3.34. The first-order valence-electron chi connectivity index (χ1n) is 9.62. The van der Waals surface area contributed by atoms with E-state index in [-0.39, 0.29) is 11.3 Å². The summed E-state index contributed by atoms with van der Waals surface area (Å²) in [6.07, 6.45) is 1.59. The van der Waals surface area contributed by atoms with E-state index in [0.29, 0.717) is 41.7 Å². The van der Waals surface area contributed by atoms with Crippen molar-refractivity contribution in [1.82, 2.24) is 14.8 Å². The van der Waals surface area contributed by atoms with Gasteiger partial charge in [-0.3, -0.25) is 14.6 Å². The number of halogens is 1. The Labute approximate surface area is 180 Å². The average Bonchev–Trinajstić information content (AvgIpc) is 2.98. The zero-order chi connectivity index (χ0) is 21.8. The molecule has 0 radical (unpaired) electrons. The number of nitrogens with zero attached hydrogens (tertiary/aromatic N) is 3. The Balaban J connectivity index is 2.13. The predicted molar refractivity (Wildman–Crippen MR) is 114 cm³/mol. The molecule has 1 atom stereocenters. The first-order valence-corrected chi connectivity index (χ1v) is 9.99. The van der Waals surface area contributed by atoms with Gasteiger partial charge in [-0.05, 0) is 51.4 Å². The van der Waals surface area contributed by atoms with E-state index < -0.39 is 17.7 Å². The second-order valence-corrected chi connectivity index (χ2v) is 7.54. The van der Waals surface area contributed by atoms with E-state index in [1.165, 1.54) is 4.90 Å². The normalized spacial score (nSPS) is 18.3. The molecule has 0 bridgehead atoms. The maximum Gasteiger partial charge on any atom is 0.295 e. The topological polar surface area (TPSA) is 83.0 Å². The van der Waals surface area contributed by atoms with Gasteiger partial charge in [-0.15, -0.1) is 0 Å². The molecule has 0 saturated carbocycles. The number of carbonyl (C=O) groups is 2. The molecule has 8 heteroatoms. The lowest BCUT2D eigenvalue weighted by atomic mass is 9.98. The third-order valence-corrected chi connectivity index (χ3v) is 5.11. The minimum Gasteiger partial charge on any atom is -0.507 e. The minimum atomic E-state index is -0.780. The summed E-state index contributed by atoms with van der Waals surface area (Å²) >= 11 is 6.14. The third-order valence-electron chi connectivity index (χ3n) is 4.80. The van der Waals surface area contributed by atoms with Crippen molar-refractivity contribution in [1.29, 1.82) is 0 Å². The number of benzene rings is 1. The molecule has 7 nitrogen and oxygen atoms in total. The number of hydrogen-bond acceptors (Lipinski definition) is 6. The SMILES string of the molecule is CCOc1cc(/C(O)=C2/C(=O)C(=O)N(CCN(C)C)C2c2ccccn2)ccc1Cl. The van der Waals surface area contributed by atoms with Crippen LogP contribution in [0.3, 0.4) is 0 Å². The molecule has 0 aliphatic carbocycles. The molecule has 2 aromatic rings. The molecule has 1 unspecified atom stereocenters. The van der Waals surface area contributed by atoms with E-state index in [0.717, 1.165) is 0 Å². The molecule has 3 rings (SSSR count). The van der Waals surface area contributed by atoms with Crippen LogP contribution < -0.4 is 4.74 Å². The van der Waals surface area contributed by atoms with Crippen LogP contribution in [0.5, 0.6) is 5.75 Å². The molecule has 1 aromatic heterocycles. The maximum atomic E-state index is 12.9. The molecular formula is C22H24ClN3O4. The maximum absolute atomic E-state index is 12.9. The fraction of sp³-hybridized carbons (Fsp3) is 0.318. The van der Waals surface area contributed by atoms with Crippen LogP contribution in [-0.2, 0) is 9.59 Å². The number of rotatable bonds is 7. The van der Waals surface area contributed by atoms with Gasteiger partial charge in [0, 0.05) is 24.8 Å². The van der Waals surface area contributed by atoms with Crippen molar-refractivity contribution in [3.63, 3.8) is 0 Å². The number of pyridine rings is 1. The number of likely N-dealkylation sites (tertiary alicyclic amines) is 1. The number of aliphatic hydroxyl groups excluding tert-OH is 1. The van der Waals surface area contributed by atoms with Gasteiger partial charge in [0.15, 0.2) is 0 Å². The Bertz CT molecular complexity index is 976. The van der Waals surface area contributed by atoms with Crippen LogP contribution in [0.2, 0.25) is 5.02 Å². The van der Waals surface area contributed by atoms with Crippen LogP contribution in [0.4, 0.5) is 0 Å². The highest BCUT2D eigenvalue weighted by Gasteiger charge is 2.46. The molecule has 1 aliphatic rings. The average molecular weight is 430 g/mol. The number of aliphatic hydroxyl groups is 1. The standard InChI is InChI=1S/C22H24ClN3O4/c1-4-30-17-13-14(8-9-15(17)23)20(27)18-19(16-7-5-6-10-24-16)26(12-11-25(2)3)22(29)21(18)28/h5-10,13,19,27H,4,11-12H2,1-3H3/b20-18-. The molecule has 1 amide bonds. The number of ether oxygens (including phenoxy) is 1. The van der Waals surface area contributed by atoms with E-state index >= 15 is 0 Å². The van der Waals surface area contributed by atoms with Crippen molar-refractivity contribution in [3.05, 3.63) is 64.4 Å². The molecule has 1 aliphatic heterocycles. The number of Topliss-reactive ketones (excluding diaryl/α,β-unsaturated/α-hetero) is 1. The summed E-state index contributed by atoms with van der Waals surface area (Å²) in [6.45, 7) is 3.10. The van der Waals surface area contributed by atoms with Crippen LogP contribution in [0.25, 0.3) is 5.76 Å². The first-order chi connectivity index (χ1) is 14.3. The van der Waals surface area contributed by atoms with Gasteiger partial charge in [0.2, 0.25) is 0 Å². The van der Waals surface area contributed by atoms with Crippen LogP contribution in [-0.4, -0.2) is 65.4 Å². The van der Waals surface area contributed by atoms with E-state index in [1.54, 1.807) is 42.6 Å². The van der Waals surface area contributed by atoms with Gasteiger partial charge in [0.05, 0.1) is 22.9 Å². The zero-order valence-electron chi connectivity index (χ0n) is 17.1. The lowest BCUT2D eigenvalue weighted by Crippen LogP contribution is -2.35. The van der Waals surface area contributed by atoms with Crippen LogP contribution in [0.15, 0.2) is 48.2 Å². The van der Waals surface area contributed by atoms with Crippen molar-refractivity contribution < 1.29 is 19.4 Å². The monoisotopic (exact) mass is 429 g/mol. The van der Waals surface area contributed by atoms with E-state index in [2.05, 4.69) is 4.98 Å². The number of hydrogen-bond donors (Lipinski definition) is 1. The largest absolute Gasteiger partial charge is 0.507 e. The van der Waals surface area contributed by atoms with Gasteiger partial charge in [0.1, 0.15) is 17.6 Å². The van der Waals surface area contributed by atoms with Crippen molar-refractivity contribution in [2.24, 2.45) is 0 Å². The Morgan fingerprint density at radius 1 is 1.27 bits per heavy atom. The van der Waals surface area contributed by atoms with Crippen LogP contribution in [0, 0.1) is 0 Å². The van der Waals surface area contributed by atoms with Crippen LogP contribution in [0.1, 0.15) is 24.2 Å². The minimum absolute atomic E-state index is 0.00206. The predicted octanol–water partition coefficient (Wildman–Crippen LogP) is 3.12. The summed E-state index contributed by atoms with van der Waals surface area (Å²) in [5.74, 6) is -1.30. The second-order valence-electron chi connectivity index (χ2n) is 7.13. The quantitative estimate of drug-likeness (QED) is 0.413. The molecule has 1 saturated heterocycles. The van der Waals surface area contributed by atoms with Crippen LogP contribution >= 0.6 is 11.6 Å². The fourth-order valence-corrected chi connectivity index (χ4v) is 3.51. The molecule has 1 aromatic carbocycles. The number of amides is 1. The number of aromatic nitrogens is 1. The van der Waals surface area contributed by atoms with Gasteiger partial charge in [-0.2, -0.15) is 0 Å². The summed E-state index contributed by atoms with van der Waals surface area (Å²) in [5, 5.41) is 11.5. The highest BCUT2D eigenvalue weighted by molar-refractivity contribution is 6.46. The molecule has 1 N–H and O–H groups in total. The molecule has 1 fully saturated rings. The highest BCUT2D eigenvalue weighted by atomic mass is 35.5. The molecule has 30 heavy (non-hydrogen) atoms. The Hall–Kier alpha value is -2.90. The number of likely N-dealkylation sites (N-methyl/N-ethyl adjacent to an activating group) is 1. The first kappa shape index (κ1) is 21.8. The summed E-state index contributed by atoms with van der Waals surface area (Å²) in [5.41, 5.74) is 0.854. The lowest BCUT2D eigenvalue weighted by Gasteiger charge is -2.25. The Morgan fingerprint density at radius 3 is 2.67 bits per heavy atom. The molecule has 158 valence electrons. The molecule has 2 heterocycles. The van der Waals surface area contributed by atoms with Gasteiger partial charge < -0.3 is 19.6 Å². The number of ketones is 1. The van der Waals surface area contributed by atoms with Crippen molar-refractivity contribution >= 4 is 29.1 Å². The summed E-state index contributed by atoms with van der Waals surface area (Å²) < 4.78 is 5.49. The lowest BCUT2D eigenvalue weighted by molar-refractivity contribution is -0.140. The van der Waals surface area contributed by atoms with Crippen molar-refractivity contribution in [3.8, 4) is 5.75 Å². The van der Waals surface area contributed by atoms with Gasteiger partial charge >= 0.3 is 0 Å². The van der Waals surface area contributed by atoms with E-state index in [1.807, 2.05) is 25.9 Å². The van der Waals surface area contributed by atoms with E-state index in [4.69, 9.17) is 16.3 Å². The third kappa shape index (κ3) is 4.32. The van der Waals surface area contributed by atoms with Crippen molar-refractivity contribution in [2.45, 2.75) is 13.0 Å².